The number of aryl methyl sites for hydroxylation is 1. The van der Waals surface area contributed by atoms with E-state index in [9.17, 15) is 9.59 Å². The molecule has 0 aliphatic carbocycles. The monoisotopic (exact) mass is 321 g/mol. The summed E-state index contributed by atoms with van der Waals surface area (Å²) in [6.45, 7) is 4.75. The summed E-state index contributed by atoms with van der Waals surface area (Å²) in [4.78, 5) is 24.8. The molecule has 0 aromatic heterocycles. The third kappa shape index (κ3) is 4.96. The summed E-state index contributed by atoms with van der Waals surface area (Å²) in [5.41, 5.74) is 1.06. The fourth-order valence-corrected chi connectivity index (χ4v) is 2.57. The predicted octanol–water partition coefficient (Wildman–Crippen LogP) is 1.85. The molecule has 1 aliphatic heterocycles. The number of carbonyl (C=O) groups is 2. The van der Waals surface area contributed by atoms with Crippen molar-refractivity contribution in [1.29, 1.82) is 0 Å². The molecule has 0 radical (unpaired) electrons. The highest BCUT2D eigenvalue weighted by molar-refractivity contribution is 5.78. The molecule has 1 saturated heterocycles. The first-order valence-electron chi connectivity index (χ1n) is 7.82. The zero-order valence-electron chi connectivity index (χ0n) is 13.5. The van der Waals surface area contributed by atoms with E-state index in [4.69, 9.17) is 14.6 Å². The van der Waals surface area contributed by atoms with Crippen LogP contribution in [0, 0.1) is 6.92 Å². The molecule has 2 rings (SSSR count). The molecule has 23 heavy (non-hydrogen) atoms. The van der Waals surface area contributed by atoms with Crippen molar-refractivity contribution in [1.82, 2.24) is 4.90 Å². The van der Waals surface area contributed by atoms with Gasteiger partial charge in [0.25, 0.3) is 0 Å². The van der Waals surface area contributed by atoms with Gasteiger partial charge in [0.2, 0.25) is 5.91 Å². The number of hydrogen-bond donors (Lipinski definition) is 1. The first kappa shape index (κ1) is 17.3. The number of amides is 1. The lowest BCUT2D eigenvalue weighted by molar-refractivity contribution is -0.166. The Hall–Kier alpha value is -2.08. The van der Waals surface area contributed by atoms with Gasteiger partial charge in [0.05, 0.1) is 19.3 Å². The number of aliphatic carboxylic acids is 1. The summed E-state index contributed by atoms with van der Waals surface area (Å²) < 4.78 is 11.0. The fraction of sp³-hybridized carbons (Fsp3) is 0.529. The Bertz CT molecular complexity index is 560. The normalized spacial score (nSPS) is 21.0. The summed E-state index contributed by atoms with van der Waals surface area (Å²) in [6, 6.07) is 7.73. The molecule has 0 spiro atoms. The molecule has 0 saturated carbocycles. The van der Waals surface area contributed by atoms with Crippen molar-refractivity contribution >= 4 is 11.9 Å². The Balaban J connectivity index is 1.76. The van der Waals surface area contributed by atoms with E-state index in [0.717, 1.165) is 11.3 Å². The molecule has 1 aromatic rings. The van der Waals surface area contributed by atoms with Gasteiger partial charge in [0.1, 0.15) is 5.75 Å². The molecule has 2 atom stereocenters. The molecule has 1 fully saturated rings. The molecule has 6 heteroatoms. The van der Waals surface area contributed by atoms with E-state index >= 15 is 0 Å². The van der Waals surface area contributed by atoms with Gasteiger partial charge in [0.15, 0.2) is 6.10 Å². The average molecular weight is 321 g/mol. The summed E-state index contributed by atoms with van der Waals surface area (Å²) in [5, 5.41) is 9.04. The molecule has 0 bridgehead atoms. The van der Waals surface area contributed by atoms with E-state index < -0.39 is 12.1 Å². The van der Waals surface area contributed by atoms with Crippen LogP contribution in [0.2, 0.25) is 0 Å². The van der Waals surface area contributed by atoms with Crippen molar-refractivity contribution in [2.45, 2.75) is 38.9 Å². The van der Waals surface area contributed by atoms with E-state index in [2.05, 4.69) is 0 Å². The summed E-state index contributed by atoms with van der Waals surface area (Å²) in [6.07, 6.45) is -0.273. The first-order chi connectivity index (χ1) is 11.0. The Labute approximate surface area is 136 Å². The average Bonchev–Trinajstić information content (AvgIpc) is 2.52. The zero-order chi connectivity index (χ0) is 16.8. The number of benzene rings is 1. The van der Waals surface area contributed by atoms with Crippen LogP contribution in [0.5, 0.6) is 5.75 Å². The van der Waals surface area contributed by atoms with Crippen LogP contribution >= 0.6 is 0 Å². The van der Waals surface area contributed by atoms with Crippen LogP contribution in [0.25, 0.3) is 0 Å². The van der Waals surface area contributed by atoms with Crippen LogP contribution in [-0.2, 0) is 14.3 Å². The van der Waals surface area contributed by atoms with Gasteiger partial charge < -0.3 is 19.5 Å². The van der Waals surface area contributed by atoms with Gasteiger partial charge in [-0.05, 0) is 31.9 Å². The minimum atomic E-state index is -1.03. The SMILES string of the molecule is Cc1ccccc1OCCCC(=O)N1CC(C(=O)O)O[C@H](C)C1. The maximum atomic E-state index is 12.2. The van der Waals surface area contributed by atoms with Gasteiger partial charge >= 0.3 is 5.97 Å². The number of nitrogens with zero attached hydrogens (tertiary/aromatic N) is 1. The number of hydrogen-bond acceptors (Lipinski definition) is 4. The second-order valence-electron chi connectivity index (χ2n) is 5.79. The quantitative estimate of drug-likeness (QED) is 0.809. The third-order valence-electron chi connectivity index (χ3n) is 3.77. The maximum absolute atomic E-state index is 12.2. The molecule has 1 amide bonds. The second-order valence-corrected chi connectivity index (χ2v) is 5.79. The van der Waals surface area contributed by atoms with Gasteiger partial charge in [0, 0.05) is 13.0 Å². The van der Waals surface area contributed by atoms with Crippen molar-refractivity contribution in [2.75, 3.05) is 19.7 Å². The van der Waals surface area contributed by atoms with E-state index in [-0.39, 0.29) is 18.6 Å². The summed E-state index contributed by atoms with van der Waals surface area (Å²) in [7, 11) is 0. The Kier molecular flexibility index (Phi) is 5.98. The minimum Gasteiger partial charge on any atom is -0.493 e. The van der Waals surface area contributed by atoms with Gasteiger partial charge in [-0.15, -0.1) is 0 Å². The molecule has 1 heterocycles. The molecule has 1 aliphatic rings. The Morgan fingerprint density at radius 2 is 2.09 bits per heavy atom. The molecular weight excluding hydrogens is 298 g/mol. The van der Waals surface area contributed by atoms with Crippen molar-refractivity contribution < 1.29 is 24.2 Å². The van der Waals surface area contributed by atoms with Gasteiger partial charge in [-0.3, -0.25) is 4.79 Å². The number of carbonyl (C=O) groups excluding carboxylic acids is 1. The van der Waals surface area contributed by atoms with Crippen LogP contribution in [-0.4, -0.2) is 53.8 Å². The number of morpholine rings is 1. The molecule has 1 aromatic carbocycles. The van der Waals surface area contributed by atoms with Crippen LogP contribution in [0.15, 0.2) is 24.3 Å². The Morgan fingerprint density at radius 1 is 1.35 bits per heavy atom. The summed E-state index contributed by atoms with van der Waals surface area (Å²) >= 11 is 0. The third-order valence-corrected chi connectivity index (χ3v) is 3.77. The number of carboxylic acids is 1. The standard InChI is InChI=1S/C17H23NO5/c1-12-6-3-4-7-14(12)22-9-5-8-16(19)18-10-13(2)23-15(11-18)17(20)21/h3-4,6-7,13,15H,5,8-11H2,1-2H3,(H,20,21)/t13-,15?/m1/s1. The maximum Gasteiger partial charge on any atom is 0.334 e. The van der Waals surface area contributed by atoms with Crippen molar-refractivity contribution in [2.24, 2.45) is 0 Å². The lowest BCUT2D eigenvalue weighted by Gasteiger charge is -2.35. The number of carboxylic acid groups (broad SMARTS) is 1. The van der Waals surface area contributed by atoms with Gasteiger partial charge in [-0.2, -0.15) is 0 Å². The largest absolute Gasteiger partial charge is 0.493 e. The molecule has 1 unspecified atom stereocenters. The van der Waals surface area contributed by atoms with Crippen LogP contribution in [0.4, 0.5) is 0 Å². The highest BCUT2D eigenvalue weighted by atomic mass is 16.5. The predicted molar refractivity (Wildman–Crippen MR) is 84.5 cm³/mol. The van der Waals surface area contributed by atoms with Gasteiger partial charge in [-0.25, -0.2) is 4.79 Å². The van der Waals surface area contributed by atoms with E-state index in [1.807, 2.05) is 31.2 Å². The van der Waals surface area contributed by atoms with E-state index in [1.165, 1.54) is 0 Å². The Morgan fingerprint density at radius 3 is 2.78 bits per heavy atom. The van der Waals surface area contributed by atoms with Crippen LogP contribution in [0.1, 0.15) is 25.3 Å². The molecular formula is C17H23NO5. The second kappa shape index (κ2) is 7.97. The van der Waals surface area contributed by atoms with E-state index in [0.29, 0.717) is 26.0 Å². The minimum absolute atomic E-state index is 0.0558. The molecule has 126 valence electrons. The number of para-hydroxylation sites is 1. The van der Waals surface area contributed by atoms with Crippen molar-refractivity contribution in [3.63, 3.8) is 0 Å². The number of ether oxygens (including phenoxy) is 2. The van der Waals surface area contributed by atoms with Crippen LogP contribution in [0.3, 0.4) is 0 Å². The van der Waals surface area contributed by atoms with Crippen molar-refractivity contribution in [3.05, 3.63) is 29.8 Å². The molecule has 1 N–H and O–H groups in total. The molecule has 6 nitrogen and oxygen atoms in total. The lowest BCUT2D eigenvalue weighted by Crippen LogP contribution is -2.51. The number of rotatable bonds is 6. The highest BCUT2D eigenvalue weighted by Gasteiger charge is 2.32. The lowest BCUT2D eigenvalue weighted by atomic mass is 10.2. The highest BCUT2D eigenvalue weighted by Crippen LogP contribution is 2.17. The first-order valence-corrected chi connectivity index (χ1v) is 7.82. The van der Waals surface area contributed by atoms with Crippen molar-refractivity contribution in [3.8, 4) is 5.75 Å². The fourth-order valence-electron chi connectivity index (χ4n) is 2.57. The van der Waals surface area contributed by atoms with Crippen LogP contribution < -0.4 is 4.74 Å². The topological polar surface area (TPSA) is 76.1 Å². The zero-order valence-corrected chi connectivity index (χ0v) is 13.5. The van der Waals surface area contributed by atoms with Gasteiger partial charge in [-0.1, -0.05) is 18.2 Å². The summed E-state index contributed by atoms with van der Waals surface area (Å²) in [5.74, 6) is -0.261. The smallest absolute Gasteiger partial charge is 0.334 e. The van der Waals surface area contributed by atoms with E-state index in [1.54, 1.807) is 11.8 Å².